The van der Waals surface area contributed by atoms with Crippen LogP contribution in [0.5, 0.6) is 0 Å². The van der Waals surface area contributed by atoms with Gasteiger partial charge in [-0.05, 0) is 31.6 Å². The van der Waals surface area contributed by atoms with Crippen LogP contribution in [-0.4, -0.2) is 47.7 Å². The summed E-state index contributed by atoms with van der Waals surface area (Å²) in [5.74, 6) is -0.569. The molecule has 2 fully saturated rings. The van der Waals surface area contributed by atoms with E-state index >= 15 is 0 Å². The van der Waals surface area contributed by atoms with Gasteiger partial charge in [-0.15, -0.1) is 0 Å². The van der Waals surface area contributed by atoms with Crippen molar-refractivity contribution in [2.75, 3.05) is 19.7 Å². The summed E-state index contributed by atoms with van der Waals surface area (Å²) in [5.41, 5.74) is 0. The van der Waals surface area contributed by atoms with Gasteiger partial charge in [0.15, 0.2) is 0 Å². The molecule has 3 atom stereocenters. The number of likely N-dealkylation sites (tertiary alicyclic amines) is 1. The third kappa shape index (κ3) is 4.43. The number of hydrogen-bond donors (Lipinski definition) is 1. The summed E-state index contributed by atoms with van der Waals surface area (Å²) >= 11 is 0. The van der Waals surface area contributed by atoms with Crippen LogP contribution in [0.25, 0.3) is 0 Å². The molecule has 2 aliphatic rings. The average molecular weight is 297 g/mol. The maximum atomic E-state index is 12.5. The van der Waals surface area contributed by atoms with Gasteiger partial charge in [0.2, 0.25) is 5.91 Å². The van der Waals surface area contributed by atoms with Gasteiger partial charge >= 0.3 is 5.97 Å². The normalized spacial score (nSPS) is 29.9. The Kier molecular flexibility index (Phi) is 5.62. The zero-order chi connectivity index (χ0) is 15.4. The highest BCUT2D eigenvalue weighted by Crippen LogP contribution is 2.31. The molecule has 1 saturated carbocycles. The first-order valence-corrected chi connectivity index (χ1v) is 8.10. The van der Waals surface area contributed by atoms with Crippen molar-refractivity contribution in [3.05, 3.63) is 0 Å². The Hall–Kier alpha value is -1.10. The summed E-state index contributed by atoms with van der Waals surface area (Å²) in [5, 5.41) is 9.12. The maximum Gasteiger partial charge on any atom is 0.306 e. The van der Waals surface area contributed by atoms with Crippen LogP contribution in [0.15, 0.2) is 0 Å². The van der Waals surface area contributed by atoms with E-state index in [4.69, 9.17) is 9.84 Å². The zero-order valence-electron chi connectivity index (χ0n) is 13.1. The molecule has 1 heterocycles. The molecule has 1 aliphatic heterocycles. The fourth-order valence-electron chi connectivity index (χ4n) is 3.29. The smallest absolute Gasteiger partial charge is 0.306 e. The van der Waals surface area contributed by atoms with Crippen molar-refractivity contribution in [3.8, 4) is 0 Å². The summed E-state index contributed by atoms with van der Waals surface area (Å²) in [6.07, 6.45) is 3.93. The van der Waals surface area contributed by atoms with Gasteiger partial charge in [-0.2, -0.15) is 0 Å². The second kappa shape index (κ2) is 7.25. The van der Waals surface area contributed by atoms with Gasteiger partial charge in [0, 0.05) is 25.6 Å². The second-order valence-corrected chi connectivity index (χ2v) is 6.82. The maximum absolute atomic E-state index is 12.5. The van der Waals surface area contributed by atoms with Crippen molar-refractivity contribution >= 4 is 11.9 Å². The first-order valence-electron chi connectivity index (χ1n) is 8.10. The largest absolute Gasteiger partial charge is 0.481 e. The lowest BCUT2D eigenvalue weighted by molar-refractivity contribution is -0.145. The summed E-state index contributed by atoms with van der Waals surface area (Å²) < 4.78 is 5.80. The van der Waals surface area contributed by atoms with E-state index in [-0.39, 0.29) is 23.8 Å². The van der Waals surface area contributed by atoms with E-state index < -0.39 is 5.97 Å². The first-order chi connectivity index (χ1) is 9.97. The predicted molar refractivity (Wildman–Crippen MR) is 78.9 cm³/mol. The van der Waals surface area contributed by atoms with Crippen molar-refractivity contribution in [1.82, 2.24) is 4.90 Å². The van der Waals surface area contributed by atoms with Gasteiger partial charge in [0.05, 0.1) is 12.0 Å². The number of carboxylic acids is 1. The van der Waals surface area contributed by atoms with Gasteiger partial charge in [-0.25, -0.2) is 0 Å². The van der Waals surface area contributed by atoms with E-state index in [0.29, 0.717) is 25.3 Å². The summed E-state index contributed by atoms with van der Waals surface area (Å²) in [4.78, 5) is 25.5. The number of nitrogens with zero attached hydrogens (tertiary/aromatic N) is 1. The molecule has 0 spiro atoms. The Balaban J connectivity index is 1.82. The molecule has 0 aromatic heterocycles. The van der Waals surface area contributed by atoms with Gasteiger partial charge in [0.25, 0.3) is 0 Å². The van der Waals surface area contributed by atoms with E-state index in [0.717, 1.165) is 32.4 Å². The molecule has 5 heteroatoms. The van der Waals surface area contributed by atoms with E-state index in [1.54, 1.807) is 0 Å². The Morgan fingerprint density at radius 3 is 2.62 bits per heavy atom. The Bertz CT molecular complexity index is 382. The molecule has 1 N–H and O–H groups in total. The lowest BCUT2D eigenvalue weighted by Gasteiger charge is -2.29. The number of hydrogen-bond acceptors (Lipinski definition) is 3. The van der Waals surface area contributed by atoms with Crippen LogP contribution in [0.2, 0.25) is 0 Å². The molecule has 1 amide bonds. The fraction of sp³-hybridized carbons (Fsp3) is 0.875. The summed E-state index contributed by atoms with van der Waals surface area (Å²) in [7, 11) is 0. The van der Waals surface area contributed by atoms with E-state index in [1.807, 2.05) is 4.90 Å². The van der Waals surface area contributed by atoms with Gasteiger partial charge in [-0.1, -0.05) is 20.3 Å². The topological polar surface area (TPSA) is 66.8 Å². The lowest BCUT2D eigenvalue weighted by atomic mass is 9.81. The Morgan fingerprint density at radius 2 is 1.95 bits per heavy atom. The van der Waals surface area contributed by atoms with Crippen LogP contribution in [0.3, 0.4) is 0 Å². The minimum Gasteiger partial charge on any atom is -0.481 e. The summed E-state index contributed by atoms with van der Waals surface area (Å²) in [6.45, 7) is 6.38. The molecule has 3 unspecified atom stereocenters. The number of carbonyl (C=O) groups is 2. The van der Waals surface area contributed by atoms with Crippen LogP contribution in [0.1, 0.15) is 46.0 Å². The molecule has 0 bridgehead atoms. The SMILES string of the molecule is CC(C)COC1CCN(C(=O)C2CCCC(C(=O)O)C2)C1. The van der Waals surface area contributed by atoms with Crippen molar-refractivity contribution in [2.24, 2.45) is 17.8 Å². The number of ether oxygens (including phenoxy) is 1. The number of aliphatic carboxylic acids is 1. The molecule has 120 valence electrons. The van der Waals surface area contributed by atoms with Crippen LogP contribution in [0.4, 0.5) is 0 Å². The number of rotatable bonds is 5. The minimum absolute atomic E-state index is 0.108. The Morgan fingerprint density at radius 1 is 1.24 bits per heavy atom. The molecule has 0 radical (unpaired) electrons. The predicted octanol–water partition coefficient (Wildman–Crippen LogP) is 2.15. The van der Waals surface area contributed by atoms with Crippen LogP contribution in [-0.2, 0) is 14.3 Å². The molecule has 2 rings (SSSR count). The quantitative estimate of drug-likeness (QED) is 0.844. The van der Waals surface area contributed by atoms with Gasteiger partial charge < -0.3 is 14.7 Å². The van der Waals surface area contributed by atoms with Crippen LogP contribution >= 0.6 is 0 Å². The molecular weight excluding hydrogens is 270 g/mol. The van der Waals surface area contributed by atoms with Gasteiger partial charge in [-0.3, -0.25) is 9.59 Å². The fourth-order valence-corrected chi connectivity index (χ4v) is 3.29. The highest BCUT2D eigenvalue weighted by molar-refractivity contribution is 5.80. The average Bonchev–Trinajstić information content (AvgIpc) is 2.93. The van der Waals surface area contributed by atoms with Crippen LogP contribution in [0, 0.1) is 17.8 Å². The van der Waals surface area contributed by atoms with E-state index in [9.17, 15) is 9.59 Å². The summed E-state index contributed by atoms with van der Waals surface area (Å²) in [6, 6.07) is 0. The molecule has 1 aliphatic carbocycles. The Labute approximate surface area is 126 Å². The van der Waals surface area contributed by atoms with E-state index in [2.05, 4.69) is 13.8 Å². The molecule has 0 aromatic carbocycles. The van der Waals surface area contributed by atoms with Crippen LogP contribution < -0.4 is 0 Å². The third-order valence-corrected chi connectivity index (χ3v) is 4.49. The monoisotopic (exact) mass is 297 g/mol. The molecular formula is C16H27NO4. The first kappa shape index (κ1) is 16.3. The van der Waals surface area contributed by atoms with E-state index in [1.165, 1.54) is 0 Å². The zero-order valence-corrected chi connectivity index (χ0v) is 13.1. The lowest BCUT2D eigenvalue weighted by Crippen LogP contribution is -2.38. The van der Waals surface area contributed by atoms with Gasteiger partial charge in [0.1, 0.15) is 0 Å². The standard InChI is InChI=1S/C16H27NO4/c1-11(2)10-21-14-6-7-17(9-14)15(18)12-4-3-5-13(8-12)16(19)20/h11-14H,3-10H2,1-2H3,(H,19,20). The van der Waals surface area contributed by atoms with Crippen molar-refractivity contribution in [2.45, 2.75) is 52.1 Å². The minimum atomic E-state index is -0.757. The molecule has 21 heavy (non-hydrogen) atoms. The number of amides is 1. The third-order valence-electron chi connectivity index (χ3n) is 4.49. The number of carbonyl (C=O) groups excluding carboxylic acids is 1. The molecule has 5 nitrogen and oxygen atoms in total. The van der Waals surface area contributed by atoms with Crippen molar-refractivity contribution < 1.29 is 19.4 Å². The highest BCUT2D eigenvalue weighted by atomic mass is 16.5. The second-order valence-electron chi connectivity index (χ2n) is 6.82. The van der Waals surface area contributed by atoms with Crippen molar-refractivity contribution in [3.63, 3.8) is 0 Å². The number of carboxylic acid groups (broad SMARTS) is 1. The van der Waals surface area contributed by atoms with Crippen molar-refractivity contribution in [1.29, 1.82) is 0 Å². The molecule has 0 aromatic rings. The highest BCUT2D eigenvalue weighted by Gasteiger charge is 2.36. The molecule has 1 saturated heterocycles.